The number of aromatic hydroxyl groups is 1. The first-order valence-corrected chi connectivity index (χ1v) is 12.1. The van der Waals surface area contributed by atoms with Gasteiger partial charge in [-0.1, -0.05) is 19.9 Å². The van der Waals surface area contributed by atoms with Gasteiger partial charge in [-0.25, -0.2) is 0 Å². The molecule has 5 atom stereocenters. The minimum atomic E-state index is -0.310. The Morgan fingerprint density at radius 2 is 2.16 bits per heavy atom. The molecule has 5 rings (SSSR count). The number of aryl methyl sites for hydroxylation is 2. The van der Waals surface area contributed by atoms with Crippen molar-refractivity contribution in [1.82, 2.24) is 5.32 Å². The Morgan fingerprint density at radius 3 is 2.91 bits per heavy atom. The number of furan rings is 1. The lowest BCUT2D eigenvalue weighted by Gasteiger charge is -2.48. The third-order valence-corrected chi connectivity index (χ3v) is 8.64. The van der Waals surface area contributed by atoms with Crippen LogP contribution in [0.1, 0.15) is 74.3 Å². The maximum absolute atomic E-state index is 13.5. The highest BCUT2D eigenvalue weighted by atomic mass is 16.3. The maximum atomic E-state index is 13.5. The molecule has 5 nitrogen and oxygen atoms in total. The van der Waals surface area contributed by atoms with Crippen molar-refractivity contribution in [2.75, 3.05) is 0 Å². The topological polar surface area (TPSA) is 79.5 Å². The first-order chi connectivity index (χ1) is 15.4. The van der Waals surface area contributed by atoms with Crippen LogP contribution in [0.4, 0.5) is 0 Å². The van der Waals surface area contributed by atoms with Crippen molar-refractivity contribution in [3.63, 3.8) is 0 Å². The van der Waals surface area contributed by atoms with Gasteiger partial charge in [-0.3, -0.25) is 9.59 Å². The van der Waals surface area contributed by atoms with Crippen molar-refractivity contribution in [2.24, 2.45) is 23.2 Å². The van der Waals surface area contributed by atoms with E-state index in [1.807, 2.05) is 12.1 Å². The quantitative estimate of drug-likeness (QED) is 0.700. The van der Waals surface area contributed by atoms with Crippen molar-refractivity contribution in [3.8, 4) is 5.75 Å². The Bertz CT molecular complexity index is 1030. The van der Waals surface area contributed by atoms with E-state index in [1.54, 1.807) is 12.3 Å². The van der Waals surface area contributed by atoms with Gasteiger partial charge in [0.2, 0.25) is 5.91 Å². The van der Waals surface area contributed by atoms with E-state index in [0.717, 1.165) is 49.8 Å². The van der Waals surface area contributed by atoms with Gasteiger partial charge in [0.05, 0.1) is 12.8 Å². The fourth-order valence-corrected chi connectivity index (χ4v) is 6.95. The molecule has 5 heteroatoms. The molecule has 2 saturated carbocycles. The number of amides is 1. The molecular weight excluding hydrogens is 402 g/mol. The molecule has 1 aromatic heterocycles. The van der Waals surface area contributed by atoms with E-state index in [2.05, 4.69) is 25.2 Å². The monoisotopic (exact) mass is 435 g/mol. The van der Waals surface area contributed by atoms with Gasteiger partial charge in [0.15, 0.2) is 0 Å². The summed E-state index contributed by atoms with van der Waals surface area (Å²) >= 11 is 0. The smallest absolute Gasteiger partial charge is 0.221 e. The largest absolute Gasteiger partial charge is 0.508 e. The minimum Gasteiger partial charge on any atom is -0.508 e. The predicted molar refractivity (Wildman–Crippen MR) is 121 cm³/mol. The van der Waals surface area contributed by atoms with Gasteiger partial charge in [-0.2, -0.15) is 0 Å². The van der Waals surface area contributed by atoms with E-state index < -0.39 is 0 Å². The van der Waals surface area contributed by atoms with E-state index >= 15 is 0 Å². The molecule has 1 heterocycles. The van der Waals surface area contributed by atoms with Crippen molar-refractivity contribution < 1.29 is 19.1 Å². The molecule has 0 unspecified atom stereocenters. The molecule has 170 valence electrons. The van der Waals surface area contributed by atoms with Crippen LogP contribution in [0, 0.1) is 23.2 Å². The molecular formula is C27H33NO4. The lowest BCUT2D eigenvalue weighted by Crippen LogP contribution is -2.42. The van der Waals surface area contributed by atoms with Crippen molar-refractivity contribution in [3.05, 3.63) is 53.0 Å². The Morgan fingerprint density at radius 1 is 1.31 bits per heavy atom. The summed E-state index contributed by atoms with van der Waals surface area (Å²) < 4.78 is 5.28. The van der Waals surface area contributed by atoms with E-state index in [0.29, 0.717) is 35.8 Å². The lowest BCUT2D eigenvalue weighted by atomic mass is 9.55. The SMILES string of the molecule is CCc1cc2c(cc1O)CC[C@@H]1[C@@H]2CC[C@]2(C)C(=O)[C@@H](CC(=O)NCc3ccco3)C[C@@H]12. The van der Waals surface area contributed by atoms with Crippen LogP contribution >= 0.6 is 0 Å². The third-order valence-electron chi connectivity index (χ3n) is 8.64. The van der Waals surface area contributed by atoms with Gasteiger partial charge in [0, 0.05) is 17.8 Å². The van der Waals surface area contributed by atoms with E-state index in [9.17, 15) is 14.7 Å². The molecule has 2 fully saturated rings. The van der Waals surface area contributed by atoms with Crippen LogP contribution in [0.25, 0.3) is 0 Å². The molecule has 2 N–H and O–H groups in total. The number of Topliss-reactive ketones (excluding diaryl/α,β-unsaturated/α-hetero) is 1. The Labute approximate surface area is 189 Å². The number of carbonyl (C=O) groups excluding carboxylic acids is 2. The van der Waals surface area contributed by atoms with Gasteiger partial charge in [-0.15, -0.1) is 0 Å². The highest BCUT2D eigenvalue weighted by Gasteiger charge is 2.58. The number of phenols is 1. The standard InChI is InChI=1S/C27H33NO4/c1-3-16-11-22-17(13-24(16)29)6-7-21-20(22)8-9-27(2)23(21)12-18(26(27)31)14-25(30)28-15-19-5-4-10-32-19/h4-5,10-11,13,18,20-21,23,29H,3,6-9,12,14-15H2,1-2H3,(H,28,30)/t18-,20+,21-,23+,27+/m1/s1. The molecule has 0 radical (unpaired) electrons. The number of rotatable bonds is 5. The fourth-order valence-electron chi connectivity index (χ4n) is 6.95. The van der Waals surface area contributed by atoms with Gasteiger partial charge in [0.1, 0.15) is 17.3 Å². The second-order valence-electron chi connectivity index (χ2n) is 10.3. The summed E-state index contributed by atoms with van der Waals surface area (Å²) in [4.78, 5) is 26.0. The summed E-state index contributed by atoms with van der Waals surface area (Å²) in [5, 5.41) is 13.2. The van der Waals surface area contributed by atoms with Crippen molar-refractivity contribution in [1.29, 1.82) is 0 Å². The zero-order chi connectivity index (χ0) is 22.5. The normalized spacial score (nSPS) is 31.0. The number of hydrogen-bond donors (Lipinski definition) is 2. The van der Waals surface area contributed by atoms with Crippen LogP contribution in [-0.4, -0.2) is 16.8 Å². The van der Waals surface area contributed by atoms with Gasteiger partial charge in [-0.05, 0) is 91.2 Å². The molecule has 32 heavy (non-hydrogen) atoms. The number of hydrogen-bond acceptors (Lipinski definition) is 4. The Hall–Kier alpha value is -2.56. The second kappa shape index (κ2) is 8.09. The molecule has 2 aromatic rings. The van der Waals surface area contributed by atoms with Crippen LogP contribution in [-0.2, 0) is 29.0 Å². The van der Waals surface area contributed by atoms with Crippen LogP contribution in [0.15, 0.2) is 34.9 Å². The Balaban J connectivity index is 1.32. The van der Waals surface area contributed by atoms with Gasteiger partial charge >= 0.3 is 0 Å². The van der Waals surface area contributed by atoms with E-state index in [4.69, 9.17) is 4.42 Å². The van der Waals surface area contributed by atoms with Crippen LogP contribution < -0.4 is 5.32 Å². The number of phenolic OH excluding ortho intramolecular Hbond substituents is 1. The molecule has 0 spiro atoms. The Kier molecular flexibility index (Phi) is 5.39. The van der Waals surface area contributed by atoms with Gasteiger partial charge < -0.3 is 14.8 Å². The summed E-state index contributed by atoms with van der Waals surface area (Å²) in [7, 11) is 0. The minimum absolute atomic E-state index is 0.0735. The van der Waals surface area contributed by atoms with E-state index in [1.165, 1.54) is 11.1 Å². The summed E-state index contributed by atoms with van der Waals surface area (Å²) in [6.45, 7) is 4.60. The summed E-state index contributed by atoms with van der Waals surface area (Å²) in [6, 6.07) is 7.84. The summed E-state index contributed by atoms with van der Waals surface area (Å²) in [5.74, 6) is 2.45. The molecule has 1 amide bonds. The lowest BCUT2D eigenvalue weighted by molar-refractivity contribution is -0.134. The molecule has 1 aromatic carbocycles. The molecule has 0 saturated heterocycles. The number of nitrogens with one attached hydrogen (secondary N) is 1. The highest BCUT2D eigenvalue weighted by Crippen LogP contribution is 2.61. The first kappa shape index (κ1) is 21.3. The molecule has 0 bridgehead atoms. The number of carbonyl (C=O) groups is 2. The van der Waals surface area contributed by atoms with E-state index in [-0.39, 0.29) is 23.7 Å². The van der Waals surface area contributed by atoms with Gasteiger partial charge in [0.25, 0.3) is 0 Å². The first-order valence-electron chi connectivity index (χ1n) is 12.1. The number of fused-ring (bicyclic) bond motifs is 5. The van der Waals surface area contributed by atoms with Crippen LogP contribution in [0.2, 0.25) is 0 Å². The van der Waals surface area contributed by atoms with Crippen LogP contribution in [0.3, 0.4) is 0 Å². The second-order valence-corrected chi connectivity index (χ2v) is 10.3. The number of benzene rings is 1. The average molecular weight is 436 g/mol. The van der Waals surface area contributed by atoms with Crippen molar-refractivity contribution in [2.45, 2.75) is 71.3 Å². The summed E-state index contributed by atoms with van der Waals surface area (Å²) in [6.07, 6.45) is 7.44. The van der Waals surface area contributed by atoms with Crippen molar-refractivity contribution >= 4 is 11.7 Å². The zero-order valence-corrected chi connectivity index (χ0v) is 19.0. The summed E-state index contributed by atoms with van der Waals surface area (Å²) in [5.41, 5.74) is 3.38. The zero-order valence-electron chi connectivity index (χ0n) is 19.0. The molecule has 3 aliphatic rings. The predicted octanol–water partition coefficient (Wildman–Crippen LogP) is 4.91. The molecule has 0 aliphatic heterocycles. The highest BCUT2D eigenvalue weighted by molar-refractivity contribution is 5.93. The third kappa shape index (κ3) is 3.46. The van der Waals surface area contributed by atoms with Crippen LogP contribution in [0.5, 0.6) is 5.75 Å². The average Bonchev–Trinajstić information content (AvgIpc) is 3.39. The maximum Gasteiger partial charge on any atom is 0.221 e. The molecule has 3 aliphatic carbocycles. The number of ketones is 1. The fraction of sp³-hybridized carbons (Fsp3) is 0.556.